The van der Waals surface area contributed by atoms with Gasteiger partial charge in [-0.05, 0) is 42.3 Å². The number of nitrogen functional groups attached to an aromatic ring is 1. The lowest BCUT2D eigenvalue weighted by Crippen LogP contribution is -2.21. The molecule has 0 aliphatic heterocycles. The molecular formula is C18H21N3O. The van der Waals surface area contributed by atoms with Gasteiger partial charge in [0, 0.05) is 43.7 Å². The van der Waals surface area contributed by atoms with Gasteiger partial charge in [0.15, 0.2) is 0 Å². The van der Waals surface area contributed by atoms with E-state index in [1.54, 1.807) is 26.0 Å². The lowest BCUT2D eigenvalue weighted by molar-refractivity contribution is 0.0827. The normalized spacial score (nSPS) is 11.4. The van der Waals surface area contributed by atoms with Crippen LogP contribution in [0.3, 0.4) is 0 Å². The number of nitrogens with two attached hydrogens (primary N) is 1. The molecule has 0 radical (unpaired) electrons. The molecule has 0 bridgehead atoms. The summed E-state index contributed by atoms with van der Waals surface area (Å²) in [4.78, 5) is 17.7. The molecule has 2 N–H and O–H groups in total. The Labute approximate surface area is 131 Å². The van der Waals surface area contributed by atoms with E-state index in [0.29, 0.717) is 11.3 Å². The summed E-state index contributed by atoms with van der Waals surface area (Å²) in [5.41, 5.74) is 11.3. The molecule has 0 aliphatic rings. The summed E-state index contributed by atoms with van der Waals surface area (Å²) < 4.78 is 0. The predicted octanol–water partition coefficient (Wildman–Crippen LogP) is 3.08. The van der Waals surface area contributed by atoms with E-state index in [-0.39, 0.29) is 5.91 Å². The lowest BCUT2D eigenvalue weighted by atomic mass is 9.99. The van der Waals surface area contributed by atoms with E-state index in [2.05, 4.69) is 4.99 Å². The molecule has 4 nitrogen and oxygen atoms in total. The van der Waals surface area contributed by atoms with Gasteiger partial charge in [-0.25, -0.2) is 0 Å². The van der Waals surface area contributed by atoms with E-state index in [9.17, 15) is 4.79 Å². The second kappa shape index (κ2) is 6.43. The van der Waals surface area contributed by atoms with Gasteiger partial charge in [-0.3, -0.25) is 9.79 Å². The van der Waals surface area contributed by atoms with Crippen molar-refractivity contribution in [1.29, 1.82) is 0 Å². The fourth-order valence-corrected chi connectivity index (χ4v) is 2.23. The van der Waals surface area contributed by atoms with Crippen LogP contribution in [0.1, 0.15) is 22.8 Å². The fraction of sp³-hybridized carbons (Fsp3) is 0.222. The Morgan fingerprint density at radius 3 is 2.18 bits per heavy atom. The number of nitrogens with zero attached hydrogens (tertiary/aromatic N) is 2. The Morgan fingerprint density at radius 1 is 1.05 bits per heavy atom. The third-order valence-corrected chi connectivity index (χ3v) is 3.65. The zero-order valence-electron chi connectivity index (χ0n) is 13.4. The average molecular weight is 295 g/mol. The molecule has 0 saturated heterocycles. The highest BCUT2D eigenvalue weighted by Gasteiger charge is 2.09. The van der Waals surface area contributed by atoms with E-state index in [1.807, 2.05) is 49.4 Å². The first-order valence-corrected chi connectivity index (χ1v) is 7.09. The molecule has 114 valence electrons. The van der Waals surface area contributed by atoms with E-state index in [1.165, 1.54) is 0 Å². The molecule has 0 unspecified atom stereocenters. The molecule has 1 amide bonds. The third-order valence-electron chi connectivity index (χ3n) is 3.65. The molecule has 2 aromatic rings. The highest BCUT2D eigenvalue weighted by molar-refractivity contribution is 6.04. The minimum atomic E-state index is -0.00138. The summed E-state index contributed by atoms with van der Waals surface area (Å²) in [6.45, 7) is 1.94. The molecule has 0 fully saturated rings. The molecule has 0 spiro atoms. The largest absolute Gasteiger partial charge is 0.398 e. The highest BCUT2D eigenvalue weighted by Crippen LogP contribution is 2.25. The van der Waals surface area contributed by atoms with Gasteiger partial charge in [0.2, 0.25) is 0 Å². The van der Waals surface area contributed by atoms with Crippen molar-refractivity contribution in [1.82, 2.24) is 4.90 Å². The van der Waals surface area contributed by atoms with Crippen LogP contribution in [0, 0.1) is 0 Å². The monoisotopic (exact) mass is 295 g/mol. The van der Waals surface area contributed by atoms with Crippen molar-refractivity contribution in [3.05, 3.63) is 53.6 Å². The predicted molar refractivity (Wildman–Crippen MR) is 92.4 cm³/mol. The molecule has 0 heterocycles. The van der Waals surface area contributed by atoms with Crippen LogP contribution in [-0.4, -0.2) is 37.7 Å². The Balaban J connectivity index is 2.39. The van der Waals surface area contributed by atoms with Gasteiger partial charge in [-0.15, -0.1) is 0 Å². The SMILES string of the molecule is CN=C(C)c1cc(-c2ccc(C(=O)N(C)C)cc2)ccc1N. The molecule has 0 atom stereocenters. The molecule has 22 heavy (non-hydrogen) atoms. The summed E-state index contributed by atoms with van der Waals surface area (Å²) in [6, 6.07) is 13.5. The maximum atomic E-state index is 11.9. The molecule has 4 heteroatoms. The average Bonchev–Trinajstić information content (AvgIpc) is 2.54. The first-order chi connectivity index (χ1) is 10.4. The van der Waals surface area contributed by atoms with E-state index in [0.717, 1.165) is 22.4 Å². The van der Waals surface area contributed by atoms with Crippen LogP contribution in [0.4, 0.5) is 5.69 Å². The van der Waals surface area contributed by atoms with Crippen molar-refractivity contribution < 1.29 is 4.79 Å². The Hall–Kier alpha value is -2.62. The number of aliphatic imine (C=N–C) groups is 1. The Morgan fingerprint density at radius 2 is 1.64 bits per heavy atom. The number of hydrogen-bond acceptors (Lipinski definition) is 3. The standard InChI is InChI=1S/C18H21N3O/c1-12(20-2)16-11-15(9-10-17(16)19)13-5-7-14(8-6-13)18(22)21(3)4/h5-11H,19H2,1-4H3. The maximum Gasteiger partial charge on any atom is 0.253 e. The first-order valence-electron chi connectivity index (χ1n) is 7.09. The minimum Gasteiger partial charge on any atom is -0.398 e. The molecule has 0 aliphatic carbocycles. The summed E-state index contributed by atoms with van der Waals surface area (Å²) in [5, 5.41) is 0. The fourth-order valence-electron chi connectivity index (χ4n) is 2.23. The van der Waals surface area contributed by atoms with Crippen LogP contribution in [0.5, 0.6) is 0 Å². The van der Waals surface area contributed by atoms with Crippen LogP contribution >= 0.6 is 0 Å². The van der Waals surface area contributed by atoms with Crippen LogP contribution in [0.25, 0.3) is 11.1 Å². The summed E-state index contributed by atoms with van der Waals surface area (Å²) >= 11 is 0. The second-order valence-electron chi connectivity index (χ2n) is 5.39. The third kappa shape index (κ3) is 3.17. The van der Waals surface area contributed by atoms with Gasteiger partial charge in [0.05, 0.1) is 0 Å². The Bertz CT molecular complexity index is 716. The molecule has 2 aromatic carbocycles. The van der Waals surface area contributed by atoms with Crippen LogP contribution in [0.2, 0.25) is 0 Å². The first kappa shape index (κ1) is 15.8. The van der Waals surface area contributed by atoms with Crippen molar-refractivity contribution in [2.75, 3.05) is 26.9 Å². The second-order valence-corrected chi connectivity index (χ2v) is 5.39. The van der Waals surface area contributed by atoms with Crippen LogP contribution < -0.4 is 5.73 Å². The number of rotatable bonds is 3. The number of amides is 1. The molecule has 2 rings (SSSR count). The zero-order chi connectivity index (χ0) is 16.3. The van der Waals surface area contributed by atoms with Crippen molar-refractivity contribution in [2.24, 2.45) is 4.99 Å². The molecule has 0 aromatic heterocycles. The molecular weight excluding hydrogens is 274 g/mol. The van der Waals surface area contributed by atoms with Crippen molar-refractivity contribution in [3.63, 3.8) is 0 Å². The summed E-state index contributed by atoms with van der Waals surface area (Å²) in [5.74, 6) is -0.00138. The van der Waals surface area contributed by atoms with Gasteiger partial charge in [0.25, 0.3) is 5.91 Å². The topological polar surface area (TPSA) is 58.7 Å². The van der Waals surface area contributed by atoms with E-state index >= 15 is 0 Å². The van der Waals surface area contributed by atoms with E-state index in [4.69, 9.17) is 5.73 Å². The maximum absolute atomic E-state index is 11.9. The van der Waals surface area contributed by atoms with Crippen molar-refractivity contribution in [3.8, 4) is 11.1 Å². The van der Waals surface area contributed by atoms with Gasteiger partial charge >= 0.3 is 0 Å². The van der Waals surface area contributed by atoms with Crippen LogP contribution in [-0.2, 0) is 0 Å². The summed E-state index contributed by atoms with van der Waals surface area (Å²) in [7, 11) is 5.24. The van der Waals surface area contributed by atoms with Gasteiger partial charge in [-0.1, -0.05) is 18.2 Å². The number of benzene rings is 2. The van der Waals surface area contributed by atoms with Crippen molar-refractivity contribution >= 4 is 17.3 Å². The lowest BCUT2D eigenvalue weighted by Gasteiger charge is -2.11. The van der Waals surface area contributed by atoms with Crippen LogP contribution in [0.15, 0.2) is 47.5 Å². The number of anilines is 1. The summed E-state index contributed by atoms with van der Waals surface area (Å²) in [6.07, 6.45) is 0. The zero-order valence-corrected chi connectivity index (χ0v) is 13.4. The number of carbonyl (C=O) groups is 1. The number of hydrogen-bond donors (Lipinski definition) is 1. The number of carbonyl (C=O) groups excluding carboxylic acids is 1. The molecule has 0 saturated carbocycles. The highest BCUT2D eigenvalue weighted by atomic mass is 16.2. The minimum absolute atomic E-state index is 0.00138. The van der Waals surface area contributed by atoms with Gasteiger partial charge < -0.3 is 10.6 Å². The van der Waals surface area contributed by atoms with Gasteiger partial charge in [0.1, 0.15) is 0 Å². The van der Waals surface area contributed by atoms with Crippen molar-refractivity contribution in [2.45, 2.75) is 6.92 Å². The quantitative estimate of drug-likeness (QED) is 0.699. The van der Waals surface area contributed by atoms with E-state index < -0.39 is 0 Å². The smallest absolute Gasteiger partial charge is 0.253 e. The van der Waals surface area contributed by atoms with Gasteiger partial charge in [-0.2, -0.15) is 0 Å². The Kier molecular flexibility index (Phi) is 4.61.